The summed E-state index contributed by atoms with van der Waals surface area (Å²) in [7, 11) is 0. The molecule has 1 amide bonds. The normalized spacial score (nSPS) is 11.2. The van der Waals surface area contributed by atoms with Crippen LogP contribution in [-0.4, -0.2) is 25.7 Å². The Morgan fingerprint density at radius 2 is 1.88 bits per heavy atom. The number of imidazole rings is 1. The Balaban J connectivity index is 1.45. The molecule has 0 aliphatic carbocycles. The van der Waals surface area contributed by atoms with Crippen molar-refractivity contribution in [2.45, 2.75) is 0 Å². The van der Waals surface area contributed by atoms with Crippen LogP contribution in [0.15, 0.2) is 71.8 Å². The second kappa shape index (κ2) is 6.56. The first-order valence-electron chi connectivity index (χ1n) is 7.99. The van der Waals surface area contributed by atoms with Gasteiger partial charge in [-0.25, -0.2) is 9.48 Å². The van der Waals surface area contributed by atoms with Crippen LogP contribution < -0.4 is 11.0 Å². The lowest BCUT2D eigenvalue weighted by atomic mass is 10.2. The number of nitrogens with zero attached hydrogens (tertiary/aromatic N) is 2. The van der Waals surface area contributed by atoms with E-state index >= 15 is 0 Å². The summed E-state index contributed by atoms with van der Waals surface area (Å²) < 4.78 is 1.74. The van der Waals surface area contributed by atoms with Crippen molar-refractivity contribution in [1.29, 1.82) is 0 Å². The molecule has 0 bridgehead atoms. The van der Waals surface area contributed by atoms with E-state index in [1.54, 1.807) is 35.2 Å². The van der Waals surface area contributed by atoms with Crippen molar-refractivity contribution in [2.24, 2.45) is 0 Å². The summed E-state index contributed by atoms with van der Waals surface area (Å²) in [6.07, 6.45) is 6.66. The third-order valence-corrected chi connectivity index (χ3v) is 3.83. The fourth-order valence-electron chi connectivity index (χ4n) is 2.61. The summed E-state index contributed by atoms with van der Waals surface area (Å²) in [6.45, 7) is 0. The molecule has 7 nitrogen and oxygen atoms in total. The Morgan fingerprint density at radius 3 is 2.73 bits per heavy atom. The molecule has 7 heteroatoms. The number of carbonyl (C=O) groups is 1. The smallest absolute Gasteiger partial charge is 0.322 e. The zero-order valence-electron chi connectivity index (χ0n) is 13.6. The summed E-state index contributed by atoms with van der Waals surface area (Å²) in [6, 6.07) is 14.9. The Morgan fingerprint density at radius 1 is 1.08 bits per heavy atom. The number of amides is 1. The molecule has 128 valence electrons. The van der Waals surface area contributed by atoms with Gasteiger partial charge in [-0.1, -0.05) is 18.2 Å². The van der Waals surface area contributed by atoms with Crippen LogP contribution in [-0.2, 0) is 4.79 Å². The van der Waals surface area contributed by atoms with E-state index in [4.69, 9.17) is 0 Å². The molecule has 2 heterocycles. The minimum Gasteiger partial charge on any atom is -0.322 e. The molecule has 0 fully saturated rings. The van der Waals surface area contributed by atoms with Gasteiger partial charge in [-0.3, -0.25) is 4.79 Å². The molecule has 0 saturated heterocycles. The Bertz CT molecular complexity index is 1150. The van der Waals surface area contributed by atoms with Gasteiger partial charge in [-0.15, -0.1) is 0 Å². The standard InChI is InChI=1S/C19H15N5O2/c25-18(21-14-7-8-16-17(10-14)23-19(26)22-16)9-6-13-11-20-24(12-13)15-4-2-1-3-5-15/h1-12H,(H,21,25)(H2,22,23,26). The van der Waals surface area contributed by atoms with Crippen LogP contribution in [0.5, 0.6) is 0 Å². The van der Waals surface area contributed by atoms with Gasteiger partial charge in [-0.05, 0) is 36.4 Å². The molecule has 4 aromatic rings. The number of nitrogens with one attached hydrogen (secondary N) is 3. The second-order valence-electron chi connectivity index (χ2n) is 5.72. The van der Waals surface area contributed by atoms with Gasteiger partial charge in [0.15, 0.2) is 0 Å². The highest BCUT2D eigenvalue weighted by molar-refractivity contribution is 6.02. The summed E-state index contributed by atoms with van der Waals surface area (Å²) in [5.74, 6) is -0.269. The zero-order chi connectivity index (χ0) is 17.9. The molecule has 0 atom stereocenters. The highest BCUT2D eigenvalue weighted by atomic mass is 16.1. The number of aromatic amines is 2. The maximum atomic E-state index is 12.1. The molecule has 2 aromatic heterocycles. The molecule has 0 unspecified atom stereocenters. The van der Waals surface area contributed by atoms with Gasteiger partial charge in [0, 0.05) is 23.5 Å². The fourth-order valence-corrected chi connectivity index (χ4v) is 2.61. The van der Waals surface area contributed by atoms with Crippen molar-refractivity contribution < 1.29 is 4.79 Å². The van der Waals surface area contributed by atoms with Crippen molar-refractivity contribution in [2.75, 3.05) is 5.32 Å². The predicted octanol–water partition coefficient (Wildman–Crippen LogP) is 2.69. The van der Waals surface area contributed by atoms with E-state index in [2.05, 4.69) is 20.4 Å². The van der Waals surface area contributed by atoms with Crippen LogP contribution in [0.1, 0.15) is 5.56 Å². The number of anilines is 1. The number of fused-ring (bicyclic) bond motifs is 1. The molecule has 4 rings (SSSR count). The molecule has 0 aliphatic rings. The number of carbonyl (C=O) groups excluding carboxylic acids is 1. The summed E-state index contributed by atoms with van der Waals surface area (Å²) >= 11 is 0. The number of hydrogen-bond acceptors (Lipinski definition) is 3. The molecular weight excluding hydrogens is 330 g/mol. The van der Waals surface area contributed by atoms with E-state index in [1.165, 1.54) is 6.08 Å². The topological polar surface area (TPSA) is 95.6 Å². The number of rotatable bonds is 4. The average molecular weight is 345 g/mol. The molecule has 0 aliphatic heterocycles. The summed E-state index contributed by atoms with van der Waals surface area (Å²) in [5.41, 5.74) is 3.42. The van der Waals surface area contributed by atoms with Crippen molar-refractivity contribution in [3.63, 3.8) is 0 Å². The lowest BCUT2D eigenvalue weighted by Crippen LogP contribution is -2.07. The van der Waals surface area contributed by atoms with Gasteiger partial charge >= 0.3 is 5.69 Å². The average Bonchev–Trinajstić information content (AvgIpc) is 3.26. The Hall–Kier alpha value is -3.87. The van der Waals surface area contributed by atoms with Gasteiger partial charge < -0.3 is 15.3 Å². The lowest BCUT2D eigenvalue weighted by molar-refractivity contribution is -0.111. The van der Waals surface area contributed by atoms with Crippen LogP contribution in [0.25, 0.3) is 22.8 Å². The number of benzene rings is 2. The molecule has 3 N–H and O–H groups in total. The summed E-state index contributed by atoms with van der Waals surface area (Å²) in [4.78, 5) is 28.7. The first kappa shape index (κ1) is 15.6. The molecule has 0 radical (unpaired) electrons. The second-order valence-corrected chi connectivity index (χ2v) is 5.72. The first-order valence-corrected chi connectivity index (χ1v) is 7.99. The van der Waals surface area contributed by atoms with E-state index in [9.17, 15) is 9.59 Å². The number of hydrogen-bond donors (Lipinski definition) is 3. The first-order chi connectivity index (χ1) is 12.7. The predicted molar refractivity (Wildman–Crippen MR) is 100 cm³/mol. The maximum absolute atomic E-state index is 12.1. The van der Waals surface area contributed by atoms with Crippen molar-refractivity contribution >= 4 is 28.7 Å². The number of H-pyrrole nitrogens is 2. The van der Waals surface area contributed by atoms with E-state index in [0.717, 1.165) is 11.3 Å². The molecule has 0 spiro atoms. The highest BCUT2D eigenvalue weighted by Gasteiger charge is 2.03. The molecule has 0 saturated carbocycles. The van der Waals surface area contributed by atoms with E-state index in [-0.39, 0.29) is 11.6 Å². The molecule has 26 heavy (non-hydrogen) atoms. The van der Waals surface area contributed by atoms with Gasteiger partial charge in [0.05, 0.1) is 22.9 Å². The minimum absolute atomic E-state index is 0.269. The quantitative estimate of drug-likeness (QED) is 0.496. The van der Waals surface area contributed by atoms with Gasteiger partial charge in [-0.2, -0.15) is 5.10 Å². The Labute approximate surface area is 148 Å². The van der Waals surface area contributed by atoms with Crippen LogP contribution in [0, 0.1) is 0 Å². The molecular formula is C19H15N5O2. The van der Waals surface area contributed by atoms with Crippen LogP contribution in [0.4, 0.5) is 5.69 Å². The van der Waals surface area contributed by atoms with Gasteiger partial charge in [0.2, 0.25) is 5.91 Å². The van der Waals surface area contributed by atoms with E-state index < -0.39 is 0 Å². The maximum Gasteiger partial charge on any atom is 0.323 e. The van der Waals surface area contributed by atoms with Crippen LogP contribution in [0.2, 0.25) is 0 Å². The van der Waals surface area contributed by atoms with Crippen LogP contribution >= 0.6 is 0 Å². The lowest BCUT2D eigenvalue weighted by Gasteiger charge is -2.01. The third-order valence-electron chi connectivity index (χ3n) is 3.83. The van der Waals surface area contributed by atoms with Gasteiger partial charge in [0.1, 0.15) is 0 Å². The molecule has 2 aromatic carbocycles. The summed E-state index contributed by atoms with van der Waals surface area (Å²) in [5, 5.41) is 7.04. The fraction of sp³-hybridized carbons (Fsp3) is 0. The zero-order valence-corrected chi connectivity index (χ0v) is 13.6. The van der Waals surface area contributed by atoms with Crippen molar-refractivity contribution in [3.05, 3.63) is 83.0 Å². The Kier molecular flexibility index (Phi) is 3.95. The van der Waals surface area contributed by atoms with Crippen molar-refractivity contribution in [3.8, 4) is 5.69 Å². The third kappa shape index (κ3) is 3.32. The van der Waals surface area contributed by atoms with E-state index in [0.29, 0.717) is 16.7 Å². The largest absolute Gasteiger partial charge is 0.323 e. The minimum atomic E-state index is -0.279. The highest BCUT2D eigenvalue weighted by Crippen LogP contribution is 2.15. The number of aromatic nitrogens is 4. The number of para-hydroxylation sites is 1. The van der Waals surface area contributed by atoms with Crippen molar-refractivity contribution in [1.82, 2.24) is 19.7 Å². The monoisotopic (exact) mass is 345 g/mol. The SMILES string of the molecule is O=C(C=Cc1cnn(-c2ccccc2)c1)Nc1ccc2[nH]c(=O)[nH]c2c1. The van der Waals surface area contributed by atoms with Gasteiger partial charge in [0.25, 0.3) is 0 Å². The van der Waals surface area contributed by atoms with E-state index in [1.807, 2.05) is 36.5 Å². The van der Waals surface area contributed by atoms with Crippen LogP contribution in [0.3, 0.4) is 0 Å².